The highest BCUT2D eigenvalue weighted by Gasteiger charge is 2.38. The summed E-state index contributed by atoms with van der Waals surface area (Å²) in [7, 11) is 0. The summed E-state index contributed by atoms with van der Waals surface area (Å²) in [5, 5.41) is 8.98. The van der Waals surface area contributed by atoms with E-state index in [4.69, 9.17) is 9.84 Å². The molecule has 1 fully saturated rings. The molecule has 1 aromatic rings. The van der Waals surface area contributed by atoms with Crippen LogP contribution < -0.4 is 0 Å². The van der Waals surface area contributed by atoms with Crippen LogP contribution in [0.1, 0.15) is 19.4 Å². The van der Waals surface area contributed by atoms with Crippen molar-refractivity contribution in [2.45, 2.75) is 25.4 Å². The first-order chi connectivity index (χ1) is 9.84. The maximum absolute atomic E-state index is 13.9. The lowest BCUT2D eigenvalue weighted by molar-refractivity contribution is -0.160. The van der Waals surface area contributed by atoms with Crippen molar-refractivity contribution in [1.29, 1.82) is 0 Å². The minimum absolute atomic E-state index is 0.0218. The fraction of sp³-hybridized carbons (Fsp3) is 0.467. The number of halogens is 1. The van der Waals surface area contributed by atoms with Gasteiger partial charge in [0.2, 0.25) is 5.91 Å². The first-order valence-corrected chi connectivity index (χ1v) is 6.73. The molecule has 0 saturated carbocycles. The topological polar surface area (TPSA) is 66.8 Å². The van der Waals surface area contributed by atoms with E-state index in [0.717, 1.165) is 0 Å². The van der Waals surface area contributed by atoms with Crippen LogP contribution in [0.5, 0.6) is 0 Å². The zero-order valence-corrected chi connectivity index (χ0v) is 12.0. The number of carbonyl (C=O) groups excluding carboxylic acids is 1. The van der Waals surface area contributed by atoms with Gasteiger partial charge in [0.1, 0.15) is 5.82 Å². The summed E-state index contributed by atoms with van der Waals surface area (Å²) in [6.45, 7) is 3.72. The Morgan fingerprint density at radius 1 is 1.38 bits per heavy atom. The van der Waals surface area contributed by atoms with Crippen molar-refractivity contribution < 1.29 is 23.8 Å². The van der Waals surface area contributed by atoms with Gasteiger partial charge in [0.05, 0.1) is 18.6 Å². The van der Waals surface area contributed by atoms with Gasteiger partial charge in [0.15, 0.2) is 6.10 Å². The zero-order chi connectivity index (χ0) is 15.6. The average molecular weight is 295 g/mol. The fourth-order valence-corrected chi connectivity index (χ4v) is 2.46. The van der Waals surface area contributed by atoms with Gasteiger partial charge in [-0.3, -0.25) is 4.79 Å². The Morgan fingerprint density at radius 3 is 2.67 bits per heavy atom. The van der Waals surface area contributed by atoms with Crippen LogP contribution in [0.4, 0.5) is 4.39 Å². The summed E-state index contributed by atoms with van der Waals surface area (Å²) in [6, 6.07) is 6.12. The van der Waals surface area contributed by atoms with E-state index in [1.807, 2.05) is 0 Å². The molecule has 0 spiro atoms. The van der Waals surface area contributed by atoms with Gasteiger partial charge >= 0.3 is 5.97 Å². The second-order valence-corrected chi connectivity index (χ2v) is 5.55. The Balaban J connectivity index is 2.22. The monoisotopic (exact) mass is 295 g/mol. The molecule has 21 heavy (non-hydrogen) atoms. The molecule has 1 saturated heterocycles. The summed E-state index contributed by atoms with van der Waals surface area (Å²) in [5.41, 5.74) is -0.764. The lowest BCUT2D eigenvalue weighted by Crippen LogP contribution is -2.53. The van der Waals surface area contributed by atoms with Gasteiger partial charge < -0.3 is 14.7 Å². The zero-order valence-electron chi connectivity index (χ0n) is 12.0. The summed E-state index contributed by atoms with van der Waals surface area (Å²) >= 11 is 0. The first-order valence-electron chi connectivity index (χ1n) is 6.73. The number of nitrogens with zero attached hydrogens (tertiary/aromatic N) is 1. The highest BCUT2D eigenvalue weighted by molar-refractivity contribution is 5.88. The highest BCUT2D eigenvalue weighted by Crippen LogP contribution is 2.28. The van der Waals surface area contributed by atoms with Gasteiger partial charge in [-0.15, -0.1) is 0 Å². The van der Waals surface area contributed by atoms with E-state index in [-0.39, 0.29) is 19.1 Å². The molecule has 1 heterocycles. The van der Waals surface area contributed by atoms with Crippen LogP contribution >= 0.6 is 0 Å². The van der Waals surface area contributed by atoms with Gasteiger partial charge in [-0.2, -0.15) is 0 Å². The van der Waals surface area contributed by atoms with E-state index in [0.29, 0.717) is 12.1 Å². The van der Waals surface area contributed by atoms with Gasteiger partial charge in [0.25, 0.3) is 0 Å². The van der Waals surface area contributed by atoms with Crippen molar-refractivity contribution in [2.24, 2.45) is 0 Å². The van der Waals surface area contributed by atoms with Crippen molar-refractivity contribution in [1.82, 2.24) is 4.90 Å². The molecule has 0 aromatic heterocycles. The van der Waals surface area contributed by atoms with Crippen LogP contribution in [0, 0.1) is 5.82 Å². The molecule has 0 radical (unpaired) electrons. The van der Waals surface area contributed by atoms with Crippen molar-refractivity contribution in [3.63, 3.8) is 0 Å². The van der Waals surface area contributed by atoms with E-state index in [1.165, 1.54) is 11.0 Å². The summed E-state index contributed by atoms with van der Waals surface area (Å²) in [5.74, 6) is -1.85. The molecule has 1 aliphatic heterocycles. The van der Waals surface area contributed by atoms with Crippen LogP contribution in [0.15, 0.2) is 24.3 Å². The standard InChI is InChI=1S/C15H18FNO4/c1-15(2,10-5-3-4-6-11(10)16)14(20)17-7-8-21-12(9-17)13(18)19/h3-6,12H,7-9H2,1-2H3,(H,18,19)/t12-/m1/s1. The number of carboxylic acids is 1. The fourth-order valence-electron chi connectivity index (χ4n) is 2.46. The molecule has 1 N–H and O–H groups in total. The van der Waals surface area contributed by atoms with Gasteiger partial charge in [-0.1, -0.05) is 18.2 Å². The third kappa shape index (κ3) is 3.05. The third-order valence-corrected chi connectivity index (χ3v) is 3.71. The predicted octanol–water partition coefficient (Wildman–Crippen LogP) is 1.42. The van der Waals surface area contributed by atoms with E-state index < -0.39 is 23.3 Å². The van der Waals surface area contributed by atoms with E-state index >= 15 is 0 Å². The molecule has 1 atom stereocenters. The molecule has 1 aromatic carbocycles. The number of benzene rings is 1. The second kappa shape index (κ2) is 5.81. The molecule has 0 aliphatic carbocycles. The maximum atomic E-state index is 13.9. The molecular formula is C15H18FNO4. The first kappa shape index (κ1) is 15.4. The second-order valence-electron chi connectivity index (χ2n) is 5.55. The van der Waals surface area contributed by atoms with E-state index in [2.05, 4.69) is 0 Å². The SMILES string of the molecule is CC(C)(C(=O)N1CCO[C@@H](C(=O)O)C1)c1ccccc1F. The number of amides is 1. The third-order valence-electron chi connectivity index (χ3n) is 3.71. The lowest BCUT2D eigenvalue weighted by Gasteiger charge is -2.36. The Bertz CT molecular complexity index is 558. The molecule has 6 heteroatoms. The summed E-state index contributed by atoms with van der Waals surface area (Å²) < 4.78 is 19.0. The molecular weight excluding hydrogens is 277 g/mol. The van der Waals surface area contributed by atoms with Gasteiger partial charge in [0, 0.05) is 12.1 Å². The Hall–Kier alpha value is -1.95. The van der Waals surface area contributed by atoms with Crippen molar-refractivity contribution >= 4 is 11.9 Å². The van der Waals surface area contributed by atoms with Crippen LogP contribution in [-0.2, 0) is 19.7 Å². The normalized spacial score (nSPS) is 19.4. The molecule has 0 bridgehead atoms. The molecule has 114 valence electrons. The van der Waals surface area contributed by atoms with Crippen LogP contribution in [0.2, 0.25) is 0 Å². The Kier molecular flexibility index (Phi) is 4.27. The minimum Gasteiger partial charge on any atom is -0.479 e. The number of hydrogen-bond acceptors (Lipinski definition) is 3. The highest BCUT2D eigenvalue weighted by atomic mass is 19.1. The van der Waals surface area contributed by atoms with Gasteiger partial charge in [-0.05, 0) is 19.9 Å². The van der Waals surface area contributed by atoms with Crippen LogP contribution in [-0.4, -0.2) is 47.7 Å². The van der Waals surface area contributed by atoms with Crippen molar-refractivity contribution in [3.05, 3.63) is 35.6 Å². The van der Waals surface area contributed by atoms with Crippen LogP contribution in [0.3, 0.4) is 0 Å². The van der Waals surface area contributed by atoms with Gasteiger partial charge in [-0.25, -0.2) is 9.18 Å². The number of aliphatic carboxylic acids is 1. The van der Waals surface area contributed by atoms with E-state index in [9.17, 15) is 14.0 Å². The number of carbonyl (C=O) groups is 2. The number of morpholine rings is 1. The molecule has 2 rings (SSSR count). The summed E-state index contributed by atoms with van der Waals surface area (Å²) in [4.78, 5) is 25.1. The summed E-state index contributed by atoms with van der Waals surface area (Å²) in [6.07, 6.45) is -1.03. The molecule has 1 aliphatic rings. The van der Waals surface area contributed by atoms with Crippen LogP contribution in [0.25, 0.3) is 0 Å². The number of rotatable bonds is 3. The lowest BCUT2D eigenvalue weighted by atomic mass is 9.82. The minimum atomic E-state index is -1.10. The Morgan fingerprint density at radius 2 is 2.05 bits per heavy atom. The molecule has 0 unspecified atom stereocenters. The van der Waals surface area contributed by atoms with Crippen molar-refractivity contribution in [3.8, 4) is 0 Å². The Labute approximate surface area is 122 Å². The molecule has 5 nitrogen and oxygen atoms in total. The largest absolute Gasteiger partial charge is 0.479 e. The predicted molar refractivity (Wildman–Crippen MR) is 73.4 cm³/mol. The molecule has 1 amide bonds. The average Bonchev–Trinajstić information content (AvgIpc) is 2.46. The maximum Gasteiger partial charge on any atom is 0.334 e. The number of carboxylic acid groups (broad SMARTS) is 1. The number of ether oxygens (including phenoxy) is 1. The smallest absolute Gasteiger partial charge is 0.334 e. The quantitative estimate of drug-likeness (QED) is 0.915. The van der Waals surface area contributed by atoms with E-state index in [1.54, 1.807) is 32.0 Å². The van der Waals surface area contributed by atoms with Crippen molar-refractivity contribution in [2.75, 3.05) is 19.7 Å². The number of hydrogen-bond donors (Lipinski definition) is 1.